The van der Waals surface area contributed by atoms with Crippen LogP contribution in [0.5, 0.6) is 0 Å². The molecule has 0 spiro atoms. The predicted molar refractivity (Wildman–Crippen MR) is 83.4 cm³/mol. The van der Waals surface area contributed by atoms with Crippen molar-refractivity contribution in [2.75, 3.05) is 13.6 Å². The lowest BCUT2D eigenvalue weighted by molar-refractivity contribution is 0.0616. The van der Waals surface area contributed by atoms with Gasteiger partial charge in [-0.05, 0) is 63.5 Å². The third-order valence-corrected chi connectivity index (χ3v) is 5.71. The van der Waals surface area contributed by atoms with Crippen molar-refractivity contribution in [3.8, 4) is 0 Å². The fourth-order valence-electron chi connectivity index (χ4n) is 4.43. The van der Waals surface area contributed by atoms with Crippen LogP contribution in [0.2, 0.25) is 0 Å². The van der Waals surface area contributed by atoms with Crippen molar-refractivity contribution in [1.82, 2.24) is 10.2 Å². The SMILES string of the molecule is CNC1CCC(C(C)C)CC1N1CCCC1C(C)C. The van der Waals surface area contributed by atoms with E-state index in [0.29, 0.717) is 6.04 Å². The first-order chi connectivity index (χ1) is 9.04. The lowest BCUT2D eigenvalue weighted by atomic mass is 9.76. The highest BCUT2D eigenvalue weighted by Gasteiger charge is 2.39. The van der Waals surface area contributed by atoms with Crippen molar-refractivity contribution in [3.63, 3.8) is 0 Å². The highest BCUT2D eigenvalue weighted by Crippen LogP contribution is 2.37. The second kappa shape index (κ2) is 6.58. The summed E-state index contributed by atoms with van der Waals surface area (Å²) in [4.78, 5) is 2.86. The third kappa shape index (κ3) is 3.33. The first-order valence-electron chi connectivity index (χ1n) is 8.47. The average molecular weight is 266 g/mol. The van der Waals surface area contributed by atoms with Crippen LogP contribution in [0.3, 0.4) is 0 Å². The van der Waals surface area contributed by atoms with E-state index in [1.807, 2.05) is 0 Å². The van der Waals surface area contributed by atoms with E-state index in [1.165, 1.54) is 38.6 Å². The van der Waals surface area contributed by atoms with E-state index in [-0.39, 0.29) is 0 Å². The summed E-state index contributed by atoms with van der Waals surface area (Å²) in [5.74, 6) is 2.59. The number of likely N-dealkylation sites (tertiary alicyclic amines) is 1. The van der Waals surface area contributed by atoms with Gasteiger partial charge in [-0.3, -0.25) is 4.90 Å². The lowest BCUT2D eigenvalue weighted by Gasteiger charge is -2.45. The predicted octanol–water partition coefficient (Wildman–Crippen LogP) is 3.52. The second-order valence-electron chi connectivity index (χ2n) is 7.47. The third-order valence-electron chi connectivity index (χ3n) is 5.71. The molecule has 19 heavy (non-hydrogen) atoms. The summed E-state index contributed by atoms with van der Waals surface area (Å²) < 4.78 is 0. The maximum atomic E-state index is 3.61. The maximum absolute atomic E-state index is 3.61. The number of likely N-dealkylation sites (N-methyl/N-ethyl adjacent to an activating group) is 1. The van der Waals surface area contributed by atoms with E-state index in [4.69, 9.17) is 0 Å². The average Bonchev–Trinajstić information content (AvgIpc) is 2.87. The summed E-state index contributed by atoms with van der Waals surface area (Å²) in [7, 11) is 2.16. The lowest BCUT2D eigenvalue weighted by Crippen LogP contribution is -2.55. The Kier molecular flexibility index (Phi) is 5.30. The molecule has 2 heteroatoms. The molecule has 1 saturated heterocycles. The van der Waals surface area contributed by atoms with Crippen LogP contribution < -0.4 is 5.32 Å². The quantitative estimate of drug-likeness (QED) is 0.837. The molecule has 1 aliphatic carbocycles. The van der Waals surface area contributed by atoms with Crippen LogP contribution in [-0.4, -0.2) is 36.6 Å². The maximum Gasteiger partial charge on any atom is 0.0255 e. The minimum absolute atomic E-state index is 0.717. The largest absolute Gasteiger partial charge is 0.315 e. The van der Waals surface area contributed by atoms with Gasteiger partial charge < -0.3 is 5.32 Å². The Bertz CT molecular complexity index is 274. The summed E-state index contributed by atoms with van der Waals surface area (Å²) in [6.07, 6.45) is 7.01. The van der Waals surface area contributed by atoms with E-state index in [9.17, 15) is 0 Å². The molecular weight excluding hydrogens is 232 g/mol. The summed E-state index contributed by atoms with van der Waals surface area (Å²) in [6, 6.07) is 2.32. The minimum Gasteiger partial charge on any atom is -0.315 e. The van der Waals surface area contributed by atoms with E-state index in [2.05, 4.69) is 45.0 Å². The highest BCUT2D eigenvalue weighted by molar-refractivity contribution is 4.96. The number of nitrogens with one attached hydrogen (secondary N) is 1. The molecule has 1 N–H and O–H groups in total. The van der Waals surface area contributed by atoms with Gasteiger partial charge in [0.25, 0.3) is 0 Å². The van der Waals surface area contributed by atoms with Crippen LogP contribution >= 0.6 is 0 Å². The fourth-order valence-corrected chi connectivity index (χ4v) is 4.43. The summed E-state index contributed by atoms with van der Waals surface area (Å²) in [5.41, 5.74) is 0. The van der Waals surface area contributed by atoms with E-state index >= 15 is 0 Å². The Labute approximate surface area is 120 Å². The molecule has 4 atom stereocenters. The zero-order valence-corrected chi connectivity index (χ0v) is 13.7. The zero-order valence-electron chi connectivity index (χ0n) is 13.7. The standard InChI is InChI=1S/C17H34N2/c1-12(2)14-8-9-15(18-5)17(11-14)19-10-6-7-16(19)13(3)4/h12-18H,6-11H2,1-5H3. The molecule has 0 aromatic heterocycles. The van der Waals surface area contributed by atoms with Crippen LogP contribution in [0.15, 0.2) is 0 Å². The normalized spacial score (nSPS) is 37.4. The molecule has 0 amide bonds. The number of rotatable bonds is 4. The smallest absolute Gasteiger partial charge is 0.0255 e. The van der Waals surface area contributed by atoms with Crippen molar-refractivity contribution >= 4 is 0 Å². The zero-order chi connectivity index (χ0) is 14.0. The van der Waals surface area contributed by atoms with Crippen LogP contribution in [0, 0.1) is 17.8 Å². The number of hydrogen-bond donors (Lipinski definition) is 1. The van der Waals surface area contributed by atoms with Gasteiger partial charge in [-0.15, -0.1) is 0 Å². The minimum atomic E-state index is 0.717. The first kappa shape index (κ1) is 15.3. The molecule has 1 aliphatic heterocycles. The van der Waals surface area contributed by atoms with Gasteiger partial charge >= 0.3 is 0 Å². The summed E-state index contributed by atoms with van der Waals surface area (Å²) >= 11 is 0. The van der Waals surface area contributed by atoms with Crippen molar-refractivity contribution in [2.24, 2.45) is 17.8 Å². The molecule has 2 nitrogen and oxygen atoms in total. The van der Waals surface area contributed by atoms with E-state index in [0.717, 1.165) is 29.8 Å². The Balaban J connectivity index is 2.09. The molecule has 112 valence electrons. The van der Waals surface area contributed by atoms with Crippen molar-refractivity contribution in [2.45, 2.75) is 77.9 Å². The molecule has 2 rings (SSSR count). The Hall–Kier alpha value is -0.0800. The van der Waals surface area contributed by atoms with Gasteiger partial charge in [0.05, 0.1) is 0 Å². The molecule has 2 fully saturated rings. The van der Waals surface area contributed by atoms with Crippen LogP contribution in [0.25, 0.3) is 0 Å². The molecule has 0 bridgehead atoms. The van der Waals surface area contributed by atoms with Gasteiger partial charge in [-0.25, -0.2) is 0 Å². The van der Waals surface area contributed by atoms with Gasteiger partial charge in [0.2, 0.25) is 0 Å². The van der Waals surface area contributed by atoms with Crippen LogP contribution in [0.1, 0.15) is 59.8 Å². The number of nitrogens with zero attached hydrogens (tertiary/aromatic N) is 1. The second-order valence-corrected chi connectivity index (χ2v) is 7.47. The van der Waals surface area contributed by atoms with Gasteiger partial charge in [0, 0.05) is 18.1 Å². The molecule has 0 aromatic rings. The Morgan fingerprint density at radius 2 is 1.74 bits per heavy atom. The van der Waals surface area contributed by atoms with Crippen LogP contribution in [-0.2, 0) is 0 Å². The topological polar surface area (TPSA) is 15.3 Å². The van der Waals surface area contributed by atoms with Gasteiger partial charge in [-0.1, -0.05) is 27.7 Å². The highest BCUT2D eigenvalue weighted by atomic mass is 15.2. The monoisotopic (exact) mass is 266 g/mol. The van der Waals surface area contributed by atoms with Gasteiger partial charge in [-0.2, -0.15) is 0 Å². The molecule has 0 radical (unpaired) electrons. The molecule has 2 aliphatic rings. The Morgan fingerprint density at radius 3 is 2.32 bits per heavy atom. The molecule has 4 unspecified atom stereocenters. The molecule has 0 aromatic carbocycles. The number of hydrogen-bond acceptors (Lipinski definition) is 2. The van der Waals surface area contributed by atoms with E-state index < -0.39 is 0 Å². The van der Waals surface area contributed by atoms with Gasteiger partial charge in [0.1, 0.15) is 0 Å². The van der Waals surface area contributed by atoms with Gasteiger partial charge in [0.15, 0.2) is 0 Å². The van der Waals surface area contributed by atoms with Crippen molar-refractivity contribution < 1.29 is 0 Å². The molecule has 1 heterocycles. The summed E-state index contributed by atoms with van der Waals surface area (Å²) in [5, 5.41) is 3.61. The van der Waals surface area contributed by atoms with E-state index in [1.54, 1.807) is 0 Å². The summed E-state index contributed by atoms with van der Waals surface area (Å²) in [6.45, 7) is 11.0. The Morgan fingerprint density at radius 1 is 1.00 bits per heavy atom. The van der Waals surface area contributed by atoms with Crippen LogP contribution in [0.4, 0.5) is 0 Å². The molecular formula is C17H34N2. The van der Waals surface area contributed by atoms with Crippen molar-refractivity contribution in [3.05, 3.63) is 0 Å². The van der Waals surface area contributed by atoms with Crippen molar-refractivity contribution in [1.29, 1.82) is 0 Å². The fraction of sp³-hybridized carbons (Fsp3) is 1.00. The first-order valence-corrected chi connectivity index (χ1v) is 8.47. The molecule has 1 saturated carbocycles.